The van der Waals surface area contributed by atoms with Crippen molar-refractivity contribution >= 4 is 39.0 Å². The van der Waals surface area contributed by atoms with E-state index in [-0.39, 0.29) is 26.6 Å². The lowest BCUT2D eigenvalue weighted by atomic mass is 10.4. The highest BCUT2D eigenvalue weighted by molar-refractivity contribution is 7.92. The van der Waals surface area contributed by atoms with Gasteiger partial charge in [0.25, 0.3) is 15.6 Å². The maximum Gasteiger partial charge on any atom is 0.269 e. The second-order valence-electron chi connectivity index (χ2n) is 3.79. The third-order valence-electron chi connectivity index (χ3n) is 2.40. The molecule has 2 N–H and O–H groups in total. The molecule has 0 amide bonds. The number of sulfonamides is 1. The highest BCUT2D eigenvalue weighted by Crippen LogP contribution is 2.30. The Kier molecular flexibility index (Phi) is 4.40. The van der Waals surface area contributed by atoms with Crippen molar-refractivity contribution in [2.24, 2.45) is 0 Å². The lowest BCUT2D eigenvalue weighted by molar-refractivity contribution is 0.397. The van der Waals surface area contributed by atoms with Crippen LogP contribution in [-0.2, 0) is 10.0 Å². The van der Waals surface area contributed by atoms with E-state index in [0.717, 1.165) is 6.20 Å². The summed E-state index contributed by atoms with van der Waals surface area (Å²) in [6.45, 7) is 0. The minimum atomic E-state index is -4.04. The minimum absolute atomic E-state index is 0.0981. The van der Waals surface area contributed by atoms with Crippen LogP contribution in [0.3, 0.4) is 0 Å². The minimum Gasteiger partial charge on any atom is -0.480 e. The van der Waals surface area contributed by atoms with Gasteiger partial charge in [0, 0.05) is 0 Å². The molecule has 112 valence electrons. The maximum absolute atomic E-state index is 12.3. The summed E-state index contributed by atoms with van der Waals surface area (Å²) in [5.41, 5.74) is -0.532. The zero-order valence-corrected chi connectivity index (χ0v) is 12.9. The highest BCUT2D eigenvalue weighted by Gasteiger charge is 2.22. The van der Waals surface area contributed by atoms with Crippen molar-refractivity contribution in [1.82, 2.24) is 9.97 Å². The first-order valence-electron chi connectivity index (χ1n) is 5.45. The van der Waals surface area contributed by atoms with Crippen molar-refractivity contribution in [1.29, 1.82) is 0 Å². The molecule has 1 aromatic heterocycles. The Balaban J connectivity index is 2.47. The van der Waals surface area contributed by atoms with Crippen LogP contribution in [0.15, 0.2) is 34.1 Å². The van der Waals surface area contributed by atoms with E-state index < -0.39 is 15.6 Å². The van der Waals surface area contributed by atoms with E-state index in [9.17, 15) is 13.2 Å². The van der Waals surface area contributed by atoms with Crippen LogP contribution < -0.4 is 15.0 Å². The van der Waals surface area contributed by atoms with Crippen molar-refractivity contribution in [3.63, 3.8) is 0 Å². The fraction of sp³-hybridized carbons (Fsp3) is 0.0909. The van der Waals surface area contributed by atoms with Gasteiger partial charge in [0.1, 0.15) is 4.90 Å². The number of aromatic nitrogens is 2. The Hall–Kier alpha value is -1.77. The molecule has 0 aliphatic carbocycles. The van der Waals surface area contributed by atoms with E-state index in [2.05, 4.69) is 14.7 Å². The SMILES string of the molecule is COc1[nH]c(=O)cnc1NS(=O)(=O)c1cccc(Cl)c1Cl. The molecule has 1 aromatic carbocycles. The number of hydrogen-bond acceptors (Lipinski definition) is 5. The predicted molar refractivity (Wildman–Crippen MR) is 78.7 cm³/mol. The summed E-state index contributed by atoms with van der Waals surface area (Å²) >= 11 is 11.7. The van der Waals surface area contributed by atoms with Crippen molar-refractivity contribution < 1.29 is 13.2 Å². The molecular weight excluding hydrogens is 341 g/mol. The van der Waals surface area contributed by atoms with Gasteiger partial charge in [-0.1, -0.05) is 29.3 Å². The zero-order chi connectivity index (χ0) is 15.6. The van der Waals surface area contributed by atoms with E-state index >= 15 is 0 Å². The largest absolute Gasteiger partial charge is 0.480 e. The molecule has 0 saturated carbocycles. The third kappa shape index (κ3) is 3.29. The van der Waals surface area contributed by atoms with E-state index in [4.69, 9.17) is 27.9 Å². The van der Waals surface area contributed by atoms with Gasteiger partial charge in [0.05, 0.1) is 23.4 Å². The van der Waals surface area contributed by atoms with Gasteiger partial charge in [0.15, 0.2) is 0 Å². The summed E-state index contributed by atoms with van der Waals surface area (Å²) in [7, 11) is -2.78. The third-order valence-corrected chi connectivity index (χ3v) is 4.72. The average Bonchev–Trinajstić information content (AvgIpc) is 2.43. The summed E-state index contributed by atoms with van der Waals surface area (Å²) in [6, 6.07) is 4.19. The number of aromatic amines is 1. The molecule has 2 rings (SSSR count). The number of anilines is 1. The van der Waals surface area contributed by atoms with Gasteiger partial charge in [-0.25, -0.2) is 13.4 Å². The predicted octanol–water partition coefficient (Wildman–Crippen LogP) is 1.89. The first kappa shape index (κ1) is 15.6. The van der Waals surface area contributed by atoms with Crippen LogP contribution in [0.5, 0.6) is 5.88 Å². The molecule has 0 aliphatic heterocycles. The van der Waals surface area contributed by atoms with Gasteiger partial charge in [-0.15, -0.1) is 0 Å². The Bertz CT molecular complexity index is 836. The lowest BCUT2D eigenvalue weighted by Gasteiger charge is -2.11. The van der Waals surface area contributed by atoms with Crippen molar-refractivity contribution in [3.05, 3.63) is 44.8 Å². The topological polar surface area (TPSA) is 101 Å². The Morgan fingerprint density at radius 2 is 2.05 bits per heavy atom. The number of methoxy groups -OCH3 is 1. The summed E-state index contributed by atoms with van der Waals surface area (Å²) in [5.74, 6) is -0.294. The number of nitrogens with zero attached hydrogens (tertiary/aromatic N) is 1. The normalized spacial score (nSPS) is 11.2. The van der Waals surface area contributed by atoms with Crippen molar-refractivity contribution in [2.75, 3.05) is 11.8 Å². The molecule has 10 heteroatoms. The average molecular weight is 350 g/mol. The molecule has 0 saturated heterocycles. The molecule has 0 unspecified atom stereocenters. The van der Waals surface area contributed by atoms with Crippen LogP contribution in [0, 0.1) is 0 Å². The number of halogens is 2. The smallest absolute Gasteiger partial charge is 0.269 e. The van der Waals surface area contributed by atoms with Crippen LogP contribution >= 0.6 is 23.2 Å². The second kappa shape index (κ2) is 5.92. The molecule has 21 heavy (non-hydrogen) atoms. The van der Waals surface area contributed by atoms with E-state index in [1.807, 2.05) is 0 Å². The highest BCUT2D eigenvalue weighted by atomic mass is 35.5. The Morgan fingerprint density at radius 1 is 1.33 bits per heavy atom. The molecule has 0 spiro atoms. The van der Waals surface area contributed by atoms with Crippen LogP contribution in [0.4, 0.5) is 5.82 Å². The first-order chi connectivity index (χ1) is 9.85. The van der Waals surface area contributed by atoms with E-state index in [0.29, 0.717) is 0 Å². The number of H-pyrrole nitrogens is 1. The summed E-state index contributed by atoms with van der Waals surface area (Å²) < 4.78 is 31.6. The number of hydrogen-bond donors (Lipinski definition) is 2. The molecule has 7 nitrogen and oxygen atoms in total. The molecule has 1 heterocycles. The molecular formula is C11H9Cl2N3O4S. The van der Waals surface area contributed by atoms with Gasteiger partial charge >= 0.3 is 0 Å². The van der Waals surface area contributed by atoms with Crippen LogP contribution in [0.2, 0.25) is 10.0 Å². The first-order valence-corrected chi connectivity index (χ1v) is 7.69. The molecule has 0 fully saturated rings. The zero-order valence-electron chi connectivity index (χ0n) is 10.6. The van der Waals surface area contributed by atoms with Gasteiger partial charge in [0.2, 0.25) is 11.7 Å². The van der Waals surface area contributed by atoms with Gasteiger partial charge in [-0.05, 0) is 12.1 Å². The van der Waals surface area contributed by atoms with Crippen molar-refractivity contribution in [3.8, 4) is 5.88 Å². The van der Waals surface area contributed by atoms with Gasteiger partial charge in [-0.3, -0.25) is 14.5 Å². The van der Waals surface area contributed by atoms with Crippen molar-refractivity contribution in [2.45, 2.75) is 4.90 Å². The van der Waals surface area contributed by atoms with Gasteiger partial charge in [-0.2, -0.15) is 0 Å². The number of rotatable bonds is 4. The standard InChI is InChI=1S/C11H9Cl2N3O4S/c1-20-11-10(14-5-8(17)15-11)16-21(18,19)7-4-2-3-6(12)9(7)13/h2-5H,1H3,(H,14,16)(H,15,17). The molecule has 0 radical (unpaired) electrons. The fourth-order valence-corrected chi connectivity index (χ4v) is 3.25. The van der Waals surface area contributed by atoms with E-state index in [1.54, 1.807) is 0 Å². The summed E-state index contributed by atoms with van der Waals surface area (Å²) in [6.07, 6.45) is 0.917. The maximum atomic E-state index is 12.3. The lowest BCUT2D eigenvalue weighted by Crippen LogP contribution is -2.18. The molecule has 0 atom stereocenters. The molecule has 0 bridgehead atoms. The molecule has 2 aromatic rings. The quantitative estimate of drug-likeness (QED) is 0.877. The monoisotopic (exact) mass is 349 g/mol. The van der Waals surface area contributed by atoms with Crippen LogP contribution in [0.25, 0.3) is 0 Å². The number of ether oxygens (including phenoxy) is 1. The number of benzene rings is 1. The second-order valence-corrected chi connectivity index (χ2v) is 6.22. The van der Waals surface area contributed by atoms with Gasteiger partial charge < -0.3 is 4.74 Å². The van der Waals surface area contributed by atoms with Crippen LogP contribution in [-0.4, -0.2) is 25.5 Å². The van der Waals surface area contributed by atoms with Crippen LogP contribution in [0.1, 0.15) is 0 Å². The number of nitrogens with one attached hydrogen (secondary N) is 2. The Labute approximate surface area is 129 Å². The Morgan fingerprint density at radius 3 is 2.71 bits per heavy atom. The molecule has 0 aliphatic rings. The summed E-state index contributed by atoms with van der Waals surface area (Å²) in [5, 5.41) is -0.0176. The van der Waals surface area contributed by atoms with E-state index in [1.165, 1.54) is 25.3 Å². The fourth-order valence-electron chi connectivity index (χ4n) is 1.48. The summed E-state index contributed by atoms with van der Waals surface area (Å²) in [4.78, 5) is 16.9.